The molecule has 2 rings (SSSR count). The van der Waals surface area contributed by atoms with Gasteiger partial charge in [0.25, 0.3) is 0 Å². The van der Waals surface area contributed by atoms with E-state index in [0.717, 1.165) is 28.2 Å². The van der Waals surface area contributed by atoms with Crippen LogP contribution < -0.4 is 4.74 Å². The van der Waals surface area contributed by atoms with Crippen molar-refractivity contribution >= 4 is 28.5 Å². The summed E-state index contributed by atoms with van der Waals surface area (Å²) in [6.45, 7) is 2.65. The number of nitrogens with zero attached hydrogens (tertiary/aromatic N) is 3. The van der Waals surface area contributed by atoms with Gasteiger partial charge in [0.2, 0.25) is 0 Å². The van der Waals surface area contributed by atoms with E-state index >= 15 is 0 Å². The van der Waals surface area contributed by atoms with Crippen LogP contribution in [-0.4, -0.2) is 41.3 Å². The molecule has 0 fully saturated rings. The Kier molecular flexibility index (Phi) is 4.25. The Morgan fingerprint density at radius 3 is 3.06 bits per heavy atom. The number of benzene rings is 1. The van der Waals surface area contributed by atoms with Gasteiger partial charge in [0.15, 0.2) is 0 Å². The maximum atomic E-state index is 5.77. The fraction of sp³-hybridized carbons (Fsp3) is 0.385. The molecule has 1 aromatic heterocycles. The van der Waals surface area contributed by atoms with Crippen LogP contribution >= 0.6 is 11.8 Å². The zero-order chi connectivity index (χ0) is 13.0. The molecular formula is C13H17N3OS. The molecule has 0 unspecified atom stereocenters. The van der Waals surface area contributed by atoms with Crippen LogP contribution in [0.2, 0.25) is 0 Å². The van der Waals surface area contributed by atoms with Crippen LogP contribution in [0.4, 0.5) is 0 Å². The Bertz CT molecular complexity index is 562. The molecule has 0 amide bonds. The van der Waals surface area contributed by atoms with Crippen LogP contribution in [0.3, 0.4) is 0 Å². The molecule has 0 aliphatic carbocycles. The number of aromatic nitrogens is 2. The minimum atomic E-state index is 0.715. The van der Waals surface area contributed by atoms with Gasteiger partial charge in [0, 0.05) is 12.8 Å². The molecule has 18 heavy (non-hydrogen) atoms. The van der Waals surface area contributed by atoms with Gasteiger partial charge in [-0.15, -0.1) is 0 Å². The number of hydrogen-bond donors (Lipinski definition) is 0. The van der Waals surface area contributed by atoms with Gasteiger partial charge in [0.05, 0.1) is 23.7 Å². The number of aliphatic imine (C=N–C) groups is 1. The largest absolute Gasteiger partial charge is 0.492 e. The Balaban J connectivity index is 2.36. The molecule has 0 aliphatic heterocycles. The number of ether oxygens (including phenoxy) is 1. The van der Waals surface area contributed by atoms with Crippen molar-refractivity contribution in [2.24, 2.45) is 4.99 Å². The van der Waals surface area contributed by atoms with E-state index in [0.29, 0.717) is 6.61 Å². The zero-order valence-corrected chi connectivity index (χ0v) is 11.7. The molecule has 96 valence electrons. The molecule has 5 heteroatoms. The van der Waals surface area contributed by atoms with Gasteiger partial charge in [-0.25, -0.2) is 4.68 Å². The smallest absolute Gasteiger partial charge is 0.130 e. The third-order valence-electron chi connectivity index (χ3n) is 2.75. The monoisotopic (exact) mass is 263 g/mol. The topological polar surface area (TPSA) is 39.4 Å². The lowest BCUT2D eigenvalue weighted by molar-refractivity contribution is 0.348. The molecule has 0 spiro atoms. The van der Waals surface area contributed by atoms with Gasteiger partial charge in [-0.3, -0.25) is 4.99 Å². The SMILES string of the molecule is CN=C(C)n1ncc2c(OCCSC)cccc21. The summed E-state index contributed by atoms with van der Waals surface area (Å²) in [6.07, 6.45) is 3.90. The molecule has 0 aliphatic rings. The fourth-order valence-corrected chi connectivity index (χ4v) is 1.99. The first kappa shape index (κ1) is 13.0. The first-order chi connectivity index (χ1) is 8.77. The van der Waals surface area contributed by atoms with Crippen molar-refractivity contribution in [3.63, 3.8) is 0 Å². The van der Waals surface area contributed by atoms with E-state index in [-0.39, 0.29) is 0 Å². The number of rotatable bonds is 4. The molecule has 1 aromatic carbocycles. The zero-order valence-electron chi connectivity index (χ0n) is 10.9. The highest BCUT2D eigenvalue weighted by Gasteiger charge is 2.08. The van der Waals surface area contributed by atoms with Crippen LogP contribution in [0.1, 0.15) is 6.92 Å². The van der Waals surface area contributed by atoms with E-state index in [1.807, 2.05) is 36.0 Å². The van der Waals surface area contributed by atoms with Crippen molar-refractivity contribution in [1.29, 1.82) is 0 Å². The highest BCUT2D eigenvalue weighted by Crippen LogP contribution is 2.25. The summed E-state index contributed by atoms with van der Waals surface area (Å²) in [6, 6.07) is 5.99. The van der Waals surface area contributed by atoms with E-state index in [1.165, 1.54) is 0 Å². The number of hydrogen-bond acceptors (Lipinski definition) is 4. The summed E-state index contributed by atoms with van der Waals surface area (Å²) >= 11 is 1.78. The molecule has 0 bridgehead atoms. The highest BCUT2D eigenvalue weighted by molar-refractivity contribution is 7.98. The van der Waals surface area contributed by atoms with Crippen LogP contribution in [0.15, 0.2) is 29.4 Å². The van der Waals surface area contributed by atoms with Gasteiger partial charge in [-0.1, -0.05) is 6.07 Å². The van der Waals surface area contributed by atoms with E-state index in [9.17, 15) is 0 Å². The average molecular weight is 263 g/mol. The van der Waals surface area contributed by atoms with Gasteiger partial charge >= 0.3 is 0 Å². The summed E-state index contributed by atoms with van der Waals surface area (Å²) in [4.78, 5) is 4.16. The Hall–Kier alpha value is -1.49. The van der Waals surface area contributed by atoms with Gasteiger partial charge in [-0.05, 0) is 25.3 Å². The van der Waals surface area contributed by atoms with E-state index in [2.05, 4.69) is 16.3 Å². The first-order valence-corrected chi connectivity index (χ1v) is 7.19. The van der Waals surface area contributed by atoms with Crippen LogP contribution in [-0.2, 0) is 0 Å². The Labute approximate surface area is 111 Å². The lowest BCUT2D eigenvalue weighted by Crippen LogP contribution is -2.08. The molecule has 0 saturated carbocycles. The molecule has 4 nitrogen and oxygen atoms in total. The maximum absolute atomic E-state index is 5.77. The second-order valence-electron chi connectivity index (χ2n) is 3.86. The van der Waals surface area contributed by atoms with Crippen LogP contribution in [0.5, 0.6) is 5.75 Å². The van der Waals surface area contributed by atoms with E-state index in [1.54, 1.807) is 18.8 Å². The van der Waals surface area contributed by atoms with Crippen molar-refractivity contribution in [3.8, 4) is 5.75 Å². The summed E-state index contributed by atoms with van der Waals surface area (Å²) in [7, 11) is 1.77. The molecule has 1 heterocycles. The van der Waals surface area contributed by atoms with E-state index < -0.39 is 0 Å². The summed E-state index contributed by atoms with van der Waals surface area (Å²) < 4.78 is 7.60. The standard InChI is InChI=1S/C13H17N3OS/c1-10(14-2)16-12-5-4-6-13(11(12)9-15-16)17-7-8-18-3/h4-6,9H,7-8H2,1-3H3. The summed E-state index contributed by atoms with van der Waals surface area (Å²) in [5, 5.41) is 5.38. The Morgan fingerprint density at radius 1 is 1.50 bits per heavy atom. The minimum Gasteiger partial charge on any atom is -0.492 e. The van der Waals surface area contributed by atoms with Crippen LogP contribution in [0.25, 0.3) is 10.9 Å². The third kappa shape index (κ3) is 2.51. The minimum absolute atomic E-state index is 0.715. The number of fused-ring (bicyclic) bond motifs is 1. The predicted molar refractivity (Wildman–Crippen MR) is 78.0 cm³/mol. The number of thioether (sulfide) groups is 1. The van der Waals surface area contributed by atoms with Crippen molar-refractivity contribution in [2.45, 2.75) is 6.92 Å². The van der Waals surface area contributed by atoms with Gasteiger partial charge in [-0.2, -0.15) is 16.9 Å². The van der Waals surface area contributed by atoms with Gasteiger partial charge in [0.1, 0.15) is 11.6 Å². The second kappa shape index (κ2) is 5.91. The average Bonchev–Trinajstić information content (AvgIpc) is 2.83. The molecule has 2 aromatic rings. The van der Waals surface area contributed by atoms with Crippen molar-refractivity contribution < 1.29 is 4.74 Å². The van der Waals surface area contributed by atoms with E-state index in [4.69, 9.17) is 4.74 Å². The molecule has 0 saturated heterocycles. The Morgan fingerprint density at radius 2 is 2.33 bits per heavy atom. The normalized spacial score (nSPS) is 12.1. The molecule has 0 N–H and O–H groups in total. The highest BCUT2D eigenvalue weighted by atomic mass is 32.2. The van der Waals surface area contributed by atoms with Gasteiger partial charge < -0.3 is 4.74 Å². The second-order valence-corrected chi connectivity index (χ2v) is 4.84. The molecule has 0 radical (unpaired) electrons. The predicted octanol–water partition coefficient (Wildman–Crippen LogP) is 2.67. The lowest BCUT2D eigenvalue weighted by Gasteiger charge is -2.07. The third-order valence-corrected chi connectivity index (χ3v) is 3.32. The fourth-order valence-electron chi connectivity index (χ4n) is 1.74. The van der Waals surface area contributed by atoms with Crippen LogP contribution in [0, 0.1) is 0 Å². The maximum Gasteiger partial charge on any atom is 0.130 e. The van der Waals surface area contributed by atoms with Crippen molar-refractivity contribution in [1.82, 2.24) is 9.78 Å². The first-order valence-electron chi connectivity index (χ1n) is 5.80. The summed E-state index contributed by atoms with van der Waals surface area (Å²) in [5.41, 5.74) is 1.03. The summed E-state index contributed by atoms with van der Waals surface area (Å²) in [5.74, 6) is 2.74. The molecule has 0 atom stereocenters. The quantitative estimate of drug-likeness (QED) is 0.483. The lowest BCUT2D eigenvalue weighted by atomic mass is 10.2. The van der Waals surface area contributed by atoms with Crippen molar-refractivity contribution in [2.75, 3.05) is 25.7 Å². The van der Waals surface area contributed by atoms with Crippen molar-refractivity contribution in [3.05, 3.63) is 24.4 Å². The molecular weight excluding hydrogens is 246 g/mol.